The summed E-state index contributed by atoms with van der Waals surface area (Å²) in [6.07, 6.45) is 2.05. The molecule has 3 N–H and O–H groups in total. The zero-order valence-electron chi connectivity index (χ0n) is 15.3. The quantitative estimate of drug-likeness (QED) is 0.542. The van der Waals surface area contributed by atoms with E-state index >= 15 is 0 Å². The number of carbonyl (C=O) groups is 1. The fourth-order valence-corrected chi connectivity index (χ4v) is 3.04. The van der Waals surface area contributed by atoms with E-state index in [2.05, 4.69) is 37.5 Å². The lowest BCUT2D eigenvalue weighted by atomic mass is 10.2. The van der Waals surface area contributed by atoms with Gasteiger partial charge in [-0.1, -0.05) is 19.1 Å². The largest absolute Gasteiger partial charge is 0.453 e. The van der Waals surface area contributed by atoms with Crippen LogP contribution in [0.5, 0.6) is 0 Å². The van der Waals surface area contributed by atoms with Gasteiger partial charge in [-0.05, 0) is 43.6 Å². The van der Waals surface area contributed by atoms with Gasteiger partial charge in [0.15, 0.2) is 5.96 Å². The first-order valence-electron chi connectivity index (χ1n) is 8.78. The molecule has 0 spiro atoms. The van der Waals surface area contributed by atoms with Crippen LogP contribution in [0.2, 0.25) is 0 Å². The van der Waals surface area contributed by atoms with Gasteiger partial charge in [0, 0.05) is 31.9 Å². The highest BCUT2D eigenvalue weighted by molar-refractivity contribution is 5.84. The van der Waals surface area contributed by atoms with Gasteiger partial charge in [0.1, 0.15) is 0 Å². The van der Waals surface area contributed by atoms with Gasteiger partial charge in [0.2, 0.25) is 0 Å². The number of nitrogens with zero attached hydrogens (tertiary/aromatic N) is 2. The fourth-order valence-electron chi connectivity index (χ4n) is 3.04. The number of likely N-dealkylation sites (tertiary alicyclic amines) is 1. The van der Waals surface area contributed by atoms with E-state index in [1.54, 1.807) is 7.05 Å². The number of hydrogen-bond donors (Lipinski definition) is 3. The van der Waals surface area contributed by atoms with E-state index in [0.29, 0.717) is 18.3 Å². The third kappa shape index (κ3) is 5.94. The maximum atomic E-state index is 11.2. The number of likely N-dealkylation sites (N-methyl/N-ethyl adjacent to an activating group) is 1. The smallest absolute Gasteiger partial charge is 0.411 e. The molecule has 0 aromatic heterocycles. The number of amides is 1. The van der Waals surface area contributed by atoms with Crippen LogP contribution >= 0.6 is 0 Å². The SMILES string of the molecule is CCN1CCCC1CNC(=NC)NCc1ccc(NC(=O)OC)cc1. The summed E-state index contributed by atoms with van der Waals surface area (Å²) in [6.45, 7) is 6.09. The van der Waals surface area contributed by atoms with Gasteiger partial charge in [0.05, 0.1) is 7.11 Å². The van der Waals surface area contributed by atoms with Crippen molar-refractivity contribution in [3.05, 3.63) is 29.8 Å². The van der Waals surface area contributed by atoms with Crippen molar-refractivity contribution in [2.24, 2.45) is 4.99 Å². The van der Waals surface area contributed by atoms with Crippen LogP contribution < -0.4 is 16.0 Å². The fraction of sp³-hybridized carbons (Fsp3) is 0.556. The first-order chi connectivity index (χ1) is 12.2. The summed E-state index contributed by atoms with van der Waals surface area (Å²) in [5.41, 5.74) is 1.81. The monoisotopic (exact) mass is 347 g/mol. The second-order valence-corrected chi connectivity index (χ2v) is 6.04. The predicted molar refractivity (Wildman–Crippen MR) is 101 cm³/mol. The molecule has 0 aliphatic carbocycles. The molecular weight excluding hydrogens is 318 g/mol. The Bertz CT molecular complexity index is 573. The molecule has 1 aromatic carbocycles. The summed E-state index contributed by atoms with van der Waals surface area (Å²) < 4.78 is 4.57. The molecule has 0 saturated carbocycles. The number of methoxy groups -OCH3 is 1. The van der Waals surface area contributed by atoms with Crippen LogP contribution in [0, 0.1) is 0 Å². The van der Waals surface area contributed by atoms with Crippen LogP contribution in [0.3, 0.4) is 0 Å². The van der Waals surface area contributed by atoms with Gasteiger partial charge in [-0.15, -0.1) is 0 Å². The van der Waals surface area contributed by atoms with E-state index in [0.717, 1.165) is 24.6 Å². The van der Waals surface area contributed by atoms with Crippen LogP contribution in [0.25, 0.3) is 0 Å². The third-order valence-electron chi connectivity index (χ3n) is 4.48. The van der Waals surface area contributed by atoms with Crippen molar-refractivity contribution in [3.8, 4) is 0 Å². The molecule has 1 aliphatic rings. The van der Waals surface area contributed by atoms with Crippen molar-refractivity contribution in [2.75, 3.05) is 39.1 Å². The number of nitrogens with one attached hydrogen (secondary N) is 3. The van der Waals surface area contributed by atoms with Gasteiger partial charge in [-0.25, -0.2) is 4.79 Å². The zero-order valence-corrected chi connectivity index (χ0v) is 15.3. The van der Waals surface area contributed by atoms with Crippen LogP contribution in [0.1, 0.15) is 25.3 Å². The standard InChI is InChI=1S/C18H29N5O2/c1-4-23-11-5-6-16(23)13-21-17(19-2)20-12-14-7-9-15(10-8-14)22-18(24)25-3/h7-10,16H,4-6,11-13H2,1-3H3,(H,22,24)(H2,19,20,21). The number of aliphatic imine (C=N–C) groups is 1. The maximum Gasteiger partial charge on any atom is 0.411 e. The molecule has 138 valence electrons. The Morgan fingerprint density at radius 2 is 2.08 bits per heavy atom. The highest BCUT2D eigenvalue weighted by atomic mass is 16.5. The topological polar surface area (TPSA) is 78.0 Å². The molecule has 25 heavy (non-hydrogen) atoms. The average molecular weight is 347 g/mol. The molecule has 1 fully saturated rings. The van der Waals surface area contributed by atoms with E-state index in [4.69, 9.17) is 0 Å². The Balaban J connectivity index is 1.77. The zero-order chi connectivity index (χ0) is 18.1. The molecule has 1 heterocycles. The second-order valence-electron chi connectivity index (χ2n) is 6.04. The Kier molecular flexibility index (Phi) is 7.53. The van der Waals surface area contributed by atoms with Crippen LogP contribution in [0.15, 0.2) is 29.3 Å². The summed E-state index contributed by atoms with van der Waals surface area (Å²) in [7, 11) is 3.13. The van der Waals surface area contributed by atoms with E-state index < -0.39 is 6.09 Å². The van der Waals surface area contributed by atoms with Crippen molar-refractivity contribution in [1.29, 1.82) is 0 Å². The summed E-state index contributed by atoms with van der Waals surface area (Å²) >= 11 is 0. The third-order valence-corrected chi connectivity index (χ3v) is 4.48. The number of ether oxygens (including phenoxy) is 1. The van der Waals surface area contributed by atoms with Crippen LogP contribution in [0.4, 0.5) is 10.5 Å². The Labute approximate surface area is 149 Å². The highest BCUT2D eigenvalue weighted by Crippen LogP contribution is 2.15. The first kappa shape index (κ1) is 19.1. The van der Waals surface area contributed by atoms with E-state index in [9.17, 15) is 4.79 Å². The van der Waals surface area contributed by atoms with Crippen molar-refractivity contribution in [2.45, 2.75) is 32.4 Å². The molecule has 0 bridgehead atoms. The second kappa shape index (κ2) is 9.88. The lowest BCUT2D eigenvalue weighted by molar-refractivity contribution is 0.187. The van der Waals surface area contributed by atoms with Crippen molar-refractivity contribution < 1.29 is 9.53 Å². The van der Waals surface area contributed by atoms with Gasteiger partial charge in [-0.3, -0.25) is 15.2 Å². The molecule has 1 unspecified atom stereocenters. The van der Waals surface area contributed by atoms with E-state index in [-0.39, 0.29) is 0 Å². The molecule has 1 atom stereocenters. The molecule has 1 amide bonds. The molecule has 0 radical (unpaired) electrons. The minimum absolute atomic E-state index is 0.469. The first-order valence-corrected chi connectivity index (χ1v) is 8.78. The highest BCUT2D eigenvalue weighted by Gasteiger charge is 2.22. The number of hydrogen-bond acceptors (Lipinski definition) is 4. The van der Waals surface area contributed by atoms with Crippen LogP contribution in [-0.2, 0) is 11.3 Å². The molecule has 1 saturated heterocycles. The molecule has 7 nitrogen and oxygen atoms in total. The molecule has 2 rings (SSSR count). The van der Waals surface area contributed by atoms with Crippen molar-refractivity contribution in [3.63, 3.8) is 0 Å². The van der Waals surface area contributed by atoms with E-state index in [1.165, 1.54) is 26.5 Å². The number of rotatable bonds is 6. The van der Waals surface area contributed by atoms with Gasteiger partial charge in [0.25, 0.3) is 0 Å². The maximum absolute atomic E-state index is 11.2. The van der Waals surface area contributed by atoms with Crippen molar-refractivity contribution >= 4 is 17.7 Å². The number of anilines is 1. The van der Waals surface area contributed by atoms with Gasteiger partial charge >= 0.3 is 6.09 Å². The Hall–Kier alpha value is -2.28. The summed E-state index contributed by atoms with van der Waals surface area (Å²) in [6, 6.07) is 8.21. The van der Waals surface area contributed by atoms with Crippen LogP contribution in [-0.4, -0.2) is 56.8 Å². The summed E-state index contributed by atoms with van der Waals surface area (Å²) in [4.78, 5) is 18.0. The lowest BCUT2D eigenvalue weighted by Gasteiger charge is -2.24. The predicted octanol–water partition coefficient (Wildman–Crippen LogP) is 2.01. The van der Waals surface area contributed by atoms with E-state index in [1.807, 2.05) is 24.3 Å². The Morgan fingerprint density at radius 1 is 1.32 bits per heavy atom. The molecule has 7 heteroatoms. The Morgan fingerprint density at radius 3 is 2.72 bits per heavy atom. The van der Waals surface area contributed by atoms with Gasteiger partial charge < -0.3 is 15.4 Å². The summed E-state index contributed by atoms with van der Waals surface area (Å²) in [5, 5.41) is 9.37. The number of benzene rings is 1. The normalized spacial score (nSPS) is 18.0. The van der Waals surface area contributed by atoms with Crippen molar-refractivity contribution in [1.82, 2.24) is 15.5 Å². The molecule has 1 aliphatic heterocycles. The lowest BCUT2D eigenvalue weighted by Crippen LogP contribution is -2.44. The average Bonchev–Trinajstić information content (AvgIpc) is 3.10. The molecule has 1 aromatic rings. The minimum atomic E-state index is -0.469. The molecular formula is C18H29N5O2. The number of guanidine groups is 1. The van der Waals surface area contributed by atoms with Gasteiger partial charge in [-0.2, -0.15) is 0 Å². The number of carbonyl (C=O) groups excluding carboxylic acids is 1. The summed E-state index contributed by atoms with van der Waals surface area (Å²) in [5.74, 6) is 0.805. The minimum Gasteiger partial charge on any atom is -0.453 e.